The van der Waals surface area contributed by atoms with E-state index in [1.54, 1.807) is 0 Å². The summed E-state index contributed by atoms with van der Waals surface area (Å²) in [5.74, 6) is 0.365. The molecule has 76 heavy (non-hydrogen) atoms. The minimum Gasteiger partial charge on any atom is -0.454 e. The fourth-order valence-electron chi connectivity index (χ4n) is 12.9. The topological polar surface area (TPSA) is 80.3 Å². The summed E-state index contributed by atoms with van der Waals surface area (Å²) in [6, 6.07) is 65.9. The van der Waals surface area contributed by atoms with Crippen LogP contribution in [0.4, 0.5) is 34.1 Å². The third kappa shape index (κ3) is 7.65. The third-order valence-corrected chi connectivity index (χ3v) is 16.7. The first-order valence-electron chi connectivity index (χ1n) is 27.5. The van der Waals surface area contributed by atoms with E-state index in [2.05, 4.69) is 189 Å². The fourth-order valence-corrected chi connectivity index (χ4v) is 12.9. The quantitative estimate of drug-likeness (QED) is 0.134. The Hall–Kier alpha value is -8.58. The van der Waals surface area contributed by atoms with Crippen LogP contribution in [0.5, 0.6) is 0 Å². The van der Waals surface area contributed by atoms with Crippen LogP contribution in [0.2, 0.25) is 0 Å². The fraction of sp³-hybridized carbons (Fsp3) is 0.229. The van der Waals surface area contributed by atoms with Crippen LogP contribution in [0.25, 0.3) is 76.2 Å². The lowest BCUT2D eigenvalue weighted by molar-refractivity contribution is 0.396. The van der Waals surface area contributed by atoms with E-state index in [-0.39, 0.29) is 11.8 Å². The van der Waals surface area contributed by atoms with E-state index in [1.807, 2.05) is 30.3 Å². The van der Waals surface area contributed by atoms with Gasteiger partial charge in [-0.05, 0) is 136 Å². The van der Waals surface area contributed by atoms with Gasteiger partial charge in [-0.25, -0.2) is 0 Å². The average Bonchev–Trinajstić information content (AvgIpc) is 4.12. The maximum Gasteiger partial charge on any atom is 0.159 e. The zero-order chi connectivity index (χ0) is 51.7. The lowest BCUT2D eigenvalue weighted by Crippen LogP contribution is -2.25. The monoisotopic (exact) mass is 988 g/mol. The molecule has 0 bridgehead atoms. The van der Waals surface area contributed by atoms with Gasteiger partial charge in [-0.2, -0.15) is 10.5 Å². The summed E-state index contributed by atoms with van der Waals surface area (Å²) in [4.78, 5) is 4.77. The van der Waals surface area contributed by atoms with Crippen LogP contribution in [0, 0.1) is 22.7 Å². The Balaban J connectivity index is 1.10. The van der Waals surface area contributed by atoms with Crippen molar-refractivity contribution in [3.05, 3.63) is 192 Å². The van der Waals surface area contributed by atoms with Crippen LogP contribution in [-0.2, 0) is 5.41 Å². The third-order valence-electron chi connectivity index (χ3n) is 16.7. The predicted octanol–water partition coefficient (Wildman–Crippen LogP) is 20.7. The molecule has 0 unspecified atom stereocenters. The SMILES string of the molecule is CC(C)c1cc(N(c2ccc(C#N)cc2)c2cccc3c2oc2ccccc23)c2ccc3c(C(C)C)cc(N(c4ccc(C5(C#N)CCCCCCCCC5)cc4)c4cccc5c4oc4ccccc45)c4ccc1c2c34. The summed E-state index contributed by atoms with van der Waals surface area (Å²) in [5.41, 5.74) is 12.9. The van der Waals surface area contributed by atoms with Gasteiger partial charge in [-0.15, -0.1) is 0 Å². The highest BCUT2D eigenvalue weighted by molar-refractivity contribution is 6.30. The average molecular weight is 989 g/mol. The maximum absolute atomic E-state index is 11.1. The Morgan fingerprint density at radius 1 is 0.421 bits per heavy atom. The number of hydrogen-bond acceptors (Lipinski definition) is 6. The normalized spacial score (nSPS) is 14.4. The van der Waals surface area contributed by atoms with E-state index in [1.165, 1.54) is 64.8 Å². The van der Waals surface area contributed by atoms with Gasteiger partial charge in [0.15, 0.2) is 11.2 Å². The molecule has 10 aromatic carbocycles. The Bertz CT molecular complexity index is 4250. The van der Waals surface area contributed by atoms with Crippen molar-refractivity contribution in [1.29, 1.82) is 10.5 Å². The molecule has 1 aliphatic rings. The van der Waals surface area contributed by atoms with Crippen molar-refractivity contribution in [3.8, 4) is 12.1 Å². The number of nitrogens with zero attached hydrogens (tertiary/aromatic N) is 4. The van der Waals surface area contributed by atoms with Crippen molar-refractivity contribution in [3.63, 3.8) is 0 Å². The van der Waals surface area contributed by atoms with Crippen LogP contribution in [-0.4, -0.2) is 0 Å². The number of furan rings is 2. The molecule has 1 aliphatic carbocycles. The predicted molar refractivity (Wildman–Crippen MR) is 316 cm³/mol. The molecule has 6 heteroatoms. The molecule has 0 radical (unpaired) electrons. The van der Waals surface area contributed by atoms with E-state index in [9.17, 15) is 10.5 Å². The van der Waals surface area contributed by atoms with E-state index < -0.39 is 5.41 Å². The molecule has 1 saturated carbocycles. The van der Waals surface area contributed by atoms with Crippen LogP contribution in [0.3, 0.4) is 0 Å². The van der Waals surface area contributed by atoms with Gasteiger partial charge in [-0.3, -0.25) is 0 Å². The van der Waals surface area contributed by atoms with E-state index >= 15 is 0 Å². The largest absolute Gasteiger partial charge is 0.454 e. The summed E-state index contributed by atoms with van der Waals surface area (Å²) < 4.78 is 13.8. The lowest BCUT2D eigenvalue weighted by Gasteiger charge is -2.32. The van der Waals surface area contributed by atoms with Gasteiger partial charge in [0.25, 0.3) is 0 Å². The van der Waals surface area contributed by atoms with Crippen LogP contribution < -0.4 is 9.80 Å². The van der Waals surface area contributed by atoms with Crippen molar-refractivity contribution in [1.82, 2.24) is 0 Å². The standard InChI is InChI=1S/C70H60N4O2/c1-44(2)58-40-62(73(48-30-26-46(42-71)27-31-48)60-22-16-20-54-50-18-10-12-24-64(50)75-68(54)60)56-36-34-53-59(45(3)4)41-63(57-37-35-52(58)66(56)67(53)57)74(61-23-17-21-55-51-19-11-13-25-65(51)76-69(55)61)49-32-28-47(29-33-49)70(43-72)38-14-8-6-5-7-9-15-39-70/h10-13,16-37,40-41,44-45H,5-9,14-15,38-39H2,1-4H3. The molecule has 372 valence electrons. The van der Waals surface area contributed by atoms with Crippen LogP contribution in [0.15, 0.2) is 179 Å². The van der Waals surface area contributed by atoms with Gasteiger partial charge in [0, 0.05) is 43.7 Å². The van der Waals surface area contributed by atoms with Crippen molar-refractivity contribution >= 4 is 110 Å². The second-order valence-corrected chi connectivity index (χ2v) is 21.9. The zero-order valence-electron chi connectivity index (χ0n) is 43.8. The van der Waals surface area contributed by atoms with Crippen molar-refractivity contribution < 1.29 is 8.83 Å². The lowest BCUT2D eigenvalue weighted by atomic mass is 9.73. The van der Waals surface area contributed by atoms with Crippen molar-refractivity contribution in [2.45, 2.75) is 103 Å². The first-order chi connectivity index (χ1) is 37.2. The highest BCUT2D eigenvalue weighted by atomic mass is 16.3. The molecular formula is C70H60N4O2. The second-order valence-electron chi connectivity index (χ2n) is 21.9. The Kier molecular flexibility index (Phi) is 11.8. The van der Waals surface area contributed by atoms with Crippen molar-refractivity contribution in [2.75, 3.05) is 9.80 Å². The highest BCUT2D eigenvalue weighted by Gasteiger charge is 2.33. The van der Waals surface area contributed by atoms with Gasteiger partial charge in [-0.1, -0.05) is 170 Å². The zero-order valence-corrected chi connectivity index (χ0v) is 43.8. The smallest absolute Gasteiger partial charge is 0.159 e. The minimum absolute atomic E-state index is 0.182. The molecule has 0 aliphatic heterocycles. The molecule has 2 heterocycles. The highest BCUT2D eigenvalue weighted by Crippen LogP contribution is 2.53. The summed E-state index contributed by atoms with van der Waals surface area (Å²) in [7, 11) is 0. The number of nitriles is 2. The number of anilines is 6. The number of hydrogen-bond donors (Lipinski definition) is 0. The van der Waals surface area contributed by atoms with Crippen LogP contribution in [0.1, 0.15) is 120 Å². The molecule has 6 nitrogen and oxygen atoms in total. The van der Waals surface area contributed by atoms with Gasteiger partial charge < -0.3 is 18.6 Å². The molecular weight excluding hydrogens is 929 g/mol. The number of fused-ring (bicyclic) bond motifs is 6. The van der Waals surface area contributed by atoms with Gasteiger partial charge in [0.1, 0.15) is 11.2 Å². The summed E-state index contributed by atoms with van der Waals surface area (Å²) in [6.45, 7) is 9.20. The summed E-state index contributed by atoms with van der Waals surface area (Å²) in [5, 5.41) is 32.5. The molecule has 2 aromatic heterocycles. The molecule has 0 N–H and O–H groups in total. The summed E-state index contributed by atoms with van der Waals surface area (Å²) >= 11 is 0. The van der Waals surface area contributed by atoms with E-state index in [4.69, 9.17) is 8.83 Å². The number of para-hydroxylation sites is 4. The molecule has 0 saturated heterocycles. The van der Waals surface area contributed by atoms with E-state index in [0.717, 1.165) is 120 Å². The minimum atomic E-state index is -0.523. The second kappa shape index (κ2) is 19.0. The maximum atomic E-state index is 11.1. The Morgan fingerprint density at radius 3 is 1.29 bits per heavy atom. The first-order valence-corrected chi connectivity index (χ1v) is 27.5. The van der Waals surface area contributed by atoms with Gasteiger partial charge >= 0.3 is 0 Å². The molecule has 12 aromatic rings. The van der Waals surface area contributed by atoms with Gasteiger partial charge in [0.05, 0.1) is 45.9 Å². The van der Waals surface area contributed by atoms with Crippen molar-refractivity contribution in [2.24, 2.45) is 0 Å². The van der Waals surface area contributed by atoms with Gasteiger partial charge in [0.2, 0.25) is 0 Å². The molecule has 1 fully saturated rings. The number of benzene rings is 10. The molecule has 0 atom stereocenters. The molecule has 0 spiro atoms. The Morgan fingerprint density at radius 2 is 0.842 bits per heavy atom. The van der Waals surface area contributed by atoms with E-state index in [0.29, 0.717) is 5.56 Å². The Labute approximate surface area is 444 Å². The molecule has 13 rings (SSSR count). The summed E-state index contributed by atoms with van der Waals surface area (Å²) in [6.07, 6.45) is 10.0. The molecule has 0 amide bonds. The first kappa shape index (κ1) is 47.2. The van der Waals surface area contributed by atoms with Crippen LogP contribution >= 0.6 is 0 Å². The number of rotatable bonds is 9.